The smallest absolute Gasteiger partial charge is 0.264 e. The lowest BCUT2D eigenvalue weighted by Crippen LogP contribution is -2.33. The van der Waals surface area contributed by atoms with E-state index >= 15 is 0 Å². The molecule has 0 bridgehead atoms. The number of benzene rings is 3. The van der Waals surface area contributed by atoms with Gasteiger partial charge in [0.15, 0.2) is 22.6 Å². The van der Waals surface area contributed by atoms with Crippen LogP contribution in [-0.2, 0) is 39.3 Å². The molecule has 0 saturated heterocycles. The molecule has 9 aromatic heterocycles. The van der Waals surface area contributed by atoms with Crippen molar-refractivity contribution >= 4 is 139 Å². The average molecular weight is 1750 g/mol. The first-order chi connectivity index (χ1) is 54.3. The van der Waals surface area contributed by atoms with Gasteiger partial charge in [0.2, 0.25) is 0 Å². The molecular formula is C86H102Br3ClN16O5S. The number of aromatic nitrogens is 12. The van der Waals surface area contributed by atoms with Crippen LogP contribution in [0.1, 0.15) is 220 Å². The number of carbonyl (C=O) groups excluding carboxylic acids is 4. The van der Waals surface area contributed by atoms with Gasteiger partial charge in [0, 0.05) is 101 Å². The summed E-state index contributed by atoms with van der Waals surface area (Å²) in [4.78, 5) is 98.6. The summed E-state index contributed by atoms with van der Waals surface area (Å²) in [6, 6.07) is 38.7. The Morgan fingerprint density at radius 2 is 1.01 bits per heavy atom. The Labute approximate surface area is 691 Å². The highest BCUT2D eigenvalue weighted by Crippen LogP contribution is 2.37. The molecule has 9 heterocycles. The van der Waals surface area contributed by atoms with Crippen LogP contribution in [0.4, 0.5) is 0 Å². The molecule has 21 nitrogen and oxygen atoms in total. The first-order valence-electron chi connectivity index (χ1n) is 39.3. The van der Waals surface area contributed by atoms with Gasteiger partial charge in [0.25, 0.3) is 23.6 Å². The van der Waals surface area contributed by atoms with E-state index in [4.69, 9.17) is 36.3 Å². The molecule has 14 rings (SSSR count). The van der Waals surface area contributed by atoms with E-state index in [0.29, 0.717) is 97.8 Å². The fraction of sp³-hybridized carbons (Fsp3) is 0.419. The van der Waals surface area contributed by atoms with Crippen molar-refractivity contribution in [1.29, 1.82) is 0 Å². The summed E-state index contributed by atoms with van der Waals surface area (Å²) in [5, 5.41) is 0.506. The summed E-state index contributed by atoms with van der Waals surface area (Å²) in [5.41, 5.74) is 10.2. The first kappa shape index (κ1) is 84.2. The standard InChI is InChI=1S/C24H29BrN4O.C22H25BrN4O.C22H27ClN4O2.C18H21BrN4OS/c1-17(2)12-14-28(24(30)18-7-5-8-19(25)15-18)16-22-27-21-11-6-13-26-23(21)29(22)20-9-3-4-10-20;1-3-26(22(28)16-11-10-15(2)18(23)13-16)14-20-25-19-9-6-12-24-21(19)27(20)17-7-4-5-8-17;1-4-6-13-26(22(28)17-14-16(23)9-10-19(17)29-3)15-20-25-18-8-7-11-24-21(18)27(20)12-5-2;1-3-10-22(18(24)14-7-8-15(19)25-14)12-16-21-13-6-5-9-20-17(13)23(16)11-4-2/h5-8,11,13,15,17,20H,3-4,9-10,12,14,16H2,1-2H3;6,9-13,17H,3-5,7-8,14H2,1-2H3;7-11,14H,4-6,12-13,15H2,1-3H3;5-9H,3-4,10-12H2,1-2H3. The van der Waals surface area contributed by atoms with E-state index in [1.807, 2.05) is 149 Å². The zero-order valence-electron chi connectivity index (χ0n) is 65.7. The van der Waals surface area contributed by atoms with Crippen molar-refractivity contribution < 1.29 is 23.9 Å². The number of imidazole rings is 4. The minimum Gasteiger partial charge on any atom is -0.496 e. The number of nitrogens with zero attached hydrogens (tertiary/aromatic N) is 16. The summed E-state index contributed by atoms with van der Waals surface area (Å²) >= 11 is 18.1. The lowest BCUT2D eigenvalue weighted by atomic mass is 10.1. The molecule has 0 radical (unpaired) electrons. The van der Waals surface area contributed by atoms with Crippen LogP contribution in [0.2, 0.25) is 5.02 Å². The molecule has 2 fully saturated rings. The van der Waals surface area contributed by atoms with Gasteiger partial charge in [-0.15, -0.1) is 11.3 Å². The number of ether oxygens (including phenoxy) is 1. The van der Waals surface area contributed by atoms with E-state index < -0.39 is 0 Å². The van der Waals surface area contributed by atoms with Gasteiger partial charge < -0.3 is 42.6 Å². The number of halogens is 4. The van der Waals surface area contributed by atoms with Crippen LogP contribution in [0.15, 0.2) is 159 Å². The quantitative estimate of drug-likeness (QED) is 0.0447. The van der Waals surface area contributed by atoms with Gasteiger partial charge in [-0.2, -0.15) is 0 Å². The number of methoxy groups -OCH3 is 1. The third-order valence-electron chi connectivity index (χ3n) is 20.3. The first-order valence-corrected chi connectivity index (χ1v) is 42.9. The number of hydrogen-bond acceptors (Lipinski definition) is 14. The Hall–Kier alpha value is -8.75. The highest BCUT2D eigenvalue weighted by Gasteiger charge is 2.30. The summed E-state index contributed by atoms with van der Waals surface area (Å²) in [7, 11) is 1.56. The Morgan fingerprint density at radius 1 is 0.518 bits per heavy atom. The number of fused-ring (bicyclic) bond motifs is 4. The molecule has 0 aliphatic heterocycles. The van der Waals surface area contributed by atoms with Gasteiger partial charge in [0.1, 0.15) is 51.1 Å². The number of hydrogen-bond donors (Lipinski definition) is 0. The van der Waals surface area contributed by atoms with Gasteiger partial charge in [-0.1, -0.05) is 129 Å². The van der Waals surface area contributed by atoms with E-state index in [1.165, 1.54) is 37.0 Å². The molecule has 2 saturated carbocycles. The van der Waals surface area contributed by atoms with Crippen molar-refractivity contribution in [3.8, 4) is 5.75 Å². The van der Waals surface area contributed by atoms with Crippen molar-refractivity contribution in [2.75, 3.05) is 33.3 Å². The minimum absolute atomic E-state index is 0.0289. The fourth-order valence-corrected chi connectivity index (χ4v) is 16.9. The summed E-state index contributed by atoms with van der Waals surface area (Å²) < 4.78 is 17.1. The van der Waals surface area contributed by atoms with Gasteiger partial charge in [-0.3, -0.25) is 19.2 Å². The molecule has 590 valence electrons. The summed E-state index contributed by atoms with van der Waals surface area (Å²) in [5.74, 6) is 4.68. The van der Waals surface area contributed by atoms with Crippen molar-refractivity contribution in [1.82, 2.24) is 77.7 Å². The molecule has 0 unspecified atom stereocenters. The van der Waals surface area contributed by atoms with Crippen molar-refractivity contribution in [3.05, 3.63) is 214 Å². The van der Waals surface area contributed by atoms with E-state index in [-0.39, 0.29) is 23.6 Å². The SMILES string of the molecule is CC(C)CCN(Cc1nc2cccnc2n1C1CCCC1)C(=O)c1cccc(Br)c1.CCCCN(Cc1nc2cccnc2n1CCC)C(=O)c1cc(Cl)ccc1OC.CCCN(Cc1nc2cccnc2n1CCC)C(=O)c1ccc(Br)s1.CCN(Cc1nc2cccnc2n1C1CCCC1)C(=O)c1ccc(C)c(Br)c1. The number of aryl methyl sites for hydroxylation is 3. The number of pyridine rings is 4. The third-order valence-corrected chi connectivity index (χ3v) is 23.5. The Morgan fingerprint density at radius 3 is 1.49 bits per heavy atom. The average Bonchev–Trinajstić information content (AvgIpc) is 1.77. The Bertz CT molecular complexity index is 5160. The van der Waals surface area contributed by atoms with Crippen LogP contribution in [0, 0.1) is 12.8 Å². The Balaban J connectivity index is 0.000000148. The maximum atomic E-state index is 13.4. The van der Waals surface area contributed by atoms with Gasteiger partial charge in [-0.25, -0.2) is 39.9 Å². The van der Waals surface area contributed by atoms with Crippen LogP contribution in [0.25, 0.3) is 44.7 Å². The minimum atomic E-state index is -0.110. The maximum absolute atomic E-state index is 13.4. The van der Waals surface area contributed by atoms with Crippen LogP contribution < -0.4 is 4.74 Å². The molecule has 3 aromatic carbocycles. The number of unbranched alkanes of at least 4 members (excludes halogenated alkanes) is 1. The molecule has 26 heteroatoms. The molecule has 112 heavy (non-hydrogen) atoms. The number of carbonyl (C=O) groups is 4. The van der Waals surface area contributed by atoms with Crippen molar-refractivity contribution in [2.45, 2.75) is 197 Å². The molecule has 4 amide bonds. The monoisotopic (exact) mass is 1740 g/mol. The van der Waals surface area contributed by atoms with E-state index in [9.17, 15) is 19.2 Å². The summed E-state index contributed by atoms with van der Waals surface area (Å²) in [6.07, 6.45) is 22.5. The van der Waals surface area contributed by atoms with Crippen LogP contribution in [0.3, 0.4) is 0 Å². The molecule has 2 aliphatic carbocycles. The molecule has 0 atom stereocenters. The highest BCUT2D eigenvalue weighted by molar-refractivity contribution is 9.11. The second kappa shape index (κ2) is 40.8. The van der Waals surface area contributed by atoms with E-state index in [2.05, 4.69) is 128 Å². The lowest BCUT2D eigenvalue weighted by molar-refractivity contribution is 0.0722. The van der Waals surface area contributed by atoms with E-state index in [0.717, 1.165) is 168 Å². The second-order valence-corrected chi connectivity index (χ2v) is 33.5. The normalized spacial score (nSPS) is 12.9. The predicted octanol–water partition coefficient (Wildman–Crippen LogP) is 20.9. The van der Waals surface area contributed by atoms with Crippen molar-refractivity contribution in [2.24, 2.45) is 5.92 Å². The molecule has 12 aromatic rings. The van der Waals surface area contributed by atoms with Crippen LogP contribution >= 0.6 is 70.7 Å². The number of thiophene rings is 1. The Kier molecular flexibility index (Phi) is 30.7. The predicted molar refractivity (Wildman–Crippen MR) is 458 cm³/mol. The number of rotatable bonds is 28. The van der Waals surface area contributed by atoms with Crippen LogP contribution in [-0.4, -0.2) is 135 Å². The van der Waals surface area contributed by atoms with Gasteiger partial charge in [-0.05, 0) is 208 Å². The molecular weight excluding hydrogens is 1640 g/mol. The third kappa shape index (κ3) is 21.0. The second-order valence-electron chi connectivity index (χ2n) is 28.9. The van der Waals surface area contributed by atoms with Crippen LogP contribution in [0.5, 0.6) is 5.75 Å². The topological polar surface area (TPSA) is 213 Å². The molecule has 0 N–H and O–H groups in total. The summed E-state index contributed by atoms with van der Waals surface area (Å²) in [6.45, 7) is 23.1. The zero-order chi connectivity index (χ0) is 79.4. The van der Waals surface area contributed by atoms with Gasteiger partial charge >= 0.3 is 0 Å². The van der Waals surface area contributed by atoms with E-state index in [1.54, 1.807) is 37.7 Å². The maximum Gasteiger partial charge on any atom is 0.264 e. The van der Waals surface area contributed by atoms with Crippen molar-refractivity contribution in [3.63, 3.8) is 0 Å². The molecule has 2 aliphatic rings. The zero-order valence-corrected chi connectivity index (χ0v) is 72.0. The number of amides is 4. The lowest BCUT2D eigenvalue weighted by Gasteiger charge is -2.25. The fourth-order valence-electron chi connectivity index (χ4n) is 14.6. The largest absolute Gasteiger partial charge is 0.496 e. The molecule has 0 spiro atoms. The van der Waals surface area contributed by atoms with Gasteiger partial charge in [0.05, 0.1) is 47.5 Å². The highest BCUT2D eigenvalue weighted by atomic mass is 79.9.